The van der Waals surface area contributed by atoms with Crippen molar-refractivity contribution in [3.05, 3.63) is 0 Å². The predicted molar refractivity (Wildman–Crippen MR) is 62.2 cm³/mol. The SMILES string of the molecule is CC[C@@H](C)OCCCN1CCOC[C@H]1C. The molecule has 0 N–H and O–H groups in total. The highest BCUT2D eigenvalue weighted by atomic mass is 16.5. The normalized spacial score (nSPS) is 25.4. The summed E-state index contributed by atoms with van der Waals surface area (Å²) in [4.78, 5) is 2.49. The van der Waals surface area contributed by atoms with Gasteiger partial charge in [0, 0.05) is 25.7 Å². The van der Waals surface area contributed by atoms with Gasteiger partial charge < -0.3 is 9.47 Å². The lowest BCUT2D eigenvalue weighted by molar-refractivity contribution is -0.00799. The zero-order chi connectivity index (χ0) is 11.1. The summed E-state index contributed by atoms with van der Waals surface area (Å²) in [6.07, 6.45) is 2.65. The minimum atomic E-state index is 0.409. The molecular formula is C12H25NO2. The number of rotatable bonds is 6. The Balaban J connectivity index is 2.03. The number of morpholine rings is 1. The monoisotopic (exact) mass is 215 g/mol. The number of hydrogen-bond acceptors (Lipinski definition) is 3. The third-order valence-corrected chi connectivity index (χ3v) is 3.07. The van der Waals surface area contributed by atoms with Gasteiger partial charge in [0.1, 0.15) is 0 Å². The summed E-state index contributed by atoms with van der Waals surface area (Å²) in [7, 11) is 0. The Labute approximate surface area is 93.7 Å². The van der Waals surface area contributed by atoms with Crippen LogP contribution in [0.25, 0.3) is 0 Å². The van der Waals surface area contributed by atoms with Gasteiger partial charge in [0.15, 0.2) is 0 Å². The van der Waals surface area contributed by atoms with Gasteiger partial charge in [-0.2, -0.15) is 0 Å². The molecule has 0 amide bonds. The molecule has 1 heterocycles. The molecule has 0 aromatic rings. The number of hydrogen-bond donors (Lipinski definition) is 0. The van der Waals surface area contributed by atoms with E-state index in [-0.39, 0.29) is 0 Å². The molecule has 0 unspecified atom stereocenters. The van der Waals surface area contributed by atoms with E-state index in [1.165, 1.54) is 0 Å². The maximum absolute atomic E-state index is 5.66. The van der Waals surface area contributed by atoms with Crippen molar-refractivity contribution in [2.45, 2.75) is 45.8 Å². The molecule has 1 aliphatic heterocycles. The van der Waals surface area contributed by atoms with E-state index in [9.17, 15) is 0 Å². The van der Waals surface area contributed by atoms with E-state index in [1.54, 1.807) is 0 Å². The third-order valence-electron chi connectivity index (χ3n) is 3.07. The highest BCUT2D eigenvalue weighted by molar-refractivity contribution is 4.70. The van der Waals surface area contributed by atoms with Crippen LogP contribution in [0.5, 0.6) is 0 Å². The standard InChI is InChI=1S/C12H25NO2/c1-4-12(3)15-8-5-6-13-7-9-14-10-11(13)2/h11-12H,4-10H2,1-3H3/t11-,12-/m1/s1. The molecular weight excluding hydrogens is 190 g/mol. The molecule has 2 atom stereocenters. The summed E-state index contributed by atoms with van der Waals surface area (Å²) in [5, 5.41) is 0. The lowest BCUT2D eigenvalue weighted by Crippen LogP contribution is -2.44. The fraction of sp³-hybridized carbons (Fsp3) is 1.00. The quantitative estimate of drug-likeness (QED) is 0.632. The van der Waals surface area contributed by atoms with E-state index in [0.29, 0.717) is 12.1 Å². The van der Waals surface area contributed by atoms with Crippen LogP contribution in [0.3, 0.4) is 0 Å². The lowest BCUT2D eigenvalue weighted by Gasteiger charge is -2.33. The zero-order valence-electron chi connectivity index (χ0n) is 10.4. The first-order valence-corrected chi connectivity index (χ1v) is 6.17. The molecule has 3 nitrogen and oxygen atoms in total. The van der Waals surface area contributed by atoms with Crippen LogP contribution in [0.1, 0.15) is 33.6 Å². The first-order valence-electron chi connectivity index (χ1n) is 6.17. The van der Waals surface area contributed by atoms with Gasteiger partial charge >= 0.3 is 0 Å². The van der Waals surface area contributed by atoms with E-state index in [4.69, 9.17) is 9.47 Å². The molecule has 0 aromatic carbocycles. The van der Waals surface area contributed by atoms with Crippen molar-refractivity contribution in [1.29, 1.82) is 0 Å². The van der Waals surface area contributed by atoms with Crippen LogP contribution in [0.15, 0.2) is 0 Å². The smallest absolute Gasteiger partial charge is 0.0619 e. The molecule has 0 aliphatic carbocycles. The largest absolute Gasteiger partial charge is 0.379 e. The minimum Gasteiger partial charge on any atom is -0.379 e. The van der Waals surface area contributed by atoms with Crippen LogP contribution >= 0.6 is 0 Å². The molecule has 3 heteroatoms. The molecule has 0 aromatic heterocycles. The van der Waals surface area contributed by atoms with E-state index >= 15 is 0 Å². The van der Waals surface area contributed by atoms with Gasteiger partial charge in [0.2, 0.25) is 0 Å². The summed E-state index contributed by atoms with van der Waals surface area (Å²) >= 11 is 0. The van der Waals surface area contributed by atoms with Crippen molar-refractivity contribution in [3.63, 3.8) is 0 Å². The van der Waals surface area contributed by atoms with Crippen LogP contribution in [0.2, 0.25) is 0 Å². The Morgan fingerprint density at radius 3 is 3.00 bits per heavy atom. The Hall–Kier alpha value is -0.120. The molecule has 1 rings (SSSR count). The van der Waals surface area contributed by atoms with Crippen LogP contribution in [0, 0.1) is 0 Å². The Kier molecular flexibility index (Phi) is 6.22. The average Bonchev–Trinajstić information content (AvgIpc) is 2.26. The fourth-order valence-electron chi connectivity index (χ4n) is 1.76. The van der Waals surface area contributed by atoms with E-state index in [0.717, 1.165) is 45.8 Å². The minimum absolute atomic E-state index is 0.409. The van der Waals surface area contributed by atoms with Crippen molar-refractivity contribution >= 4 is 0 Å². The van der Waals surface area contributed by atoms with E-state index in [2.05, 4.69) is 25.7 Å². The second kappa shape index (κ2) is 7.20. The Bertz CT molecular complexity index is 164. The van der Waals surface area contributed by atoms with Gasteiger partial charge in [-0.3, -0.25) is 4.90 Å². The summed E-state index contributed by atoms with van der Waals surface area (Å²) in [5.41, 5.74) is 0. The van der Waals surface area contributed by atoms with Crippen LogP contribution in [-0.2, 0) is 9.47 Å². The van der Waals surface area contributed by atoms with Crippen molar-refractivity contribution in [2.24, 2.45) is 0 Å². The summed E-state index contributed by atoms with van der Waals surface area (Å²) in [6, 6.07) is 0.572. The highest BCUT2D eigenvalue weighted by Gasteiger charge is 2.17. The van der Waals surface area contributed by atoms with Crippen LogP contribution in [0.4, 0.5) is 0 Å². The topological polar surface area (TPSA) is 21.7 Å². The summed E-state index contributed by atoms with van der Waals surface area (Å²) in [6.45, 7) is 11.4. The third kappa shape index (κ3) is 4.96. The average molecular weight is 215 g/mol. The van der Waals surface area contributed by atoms with Crippen molar-refractivity contribution in [1.82, 2.24) is 4.90 Å². The second-order valence-corrected chi connectivity index (χ2v) is 4.40. The zero-order valence-corrected chi connectivity index (χ0v) is 10.4. The highest BCUT2D eigenvalue weighted by Crippen LogP contribution is 2.07. The molecule has 0 bridgehead atoms. The van der Waals surface area contributed by atoms with E-state index < -0.39 is 0 Å². The van der Waals surface area contributed by atoms with Crippen LogP contribution in [-0.4, -0.2) is 50.0 Å². The van der Waals surface area contributed by atoms with Gasteiger partial charge in [-0.25, -0.2) is 0 Å². The maximum Gasteiger partial charge on any atom is 0.0619 e. The summed E-state index contributed by atoms with van der Waals surface area (Å²) < 4.78 is 11.1. The molecule has 1 saturated heterocycles. The Morgan fingerprint density at radius 2 is 2.33 bits per heavy atom. The second-order valence-electron chi connectivity index (χ2n) is 4.40. The van der Waals surface area contributed by atoms with Gasteiger partial charge in [0.25, 0.3) is 0 Å². The molecule has 1 fully saturated rings. The number of nitrogens with zero attached hydrogens (tertiary/aromatic N) is 1. The molecule has 0 saturated carbocycles. The predicted octanol–water partition coefficient (Wildman–Crippen LogP) is 1.91. The fourth-order valence-corrected chi connectivity index (χ4v) is 1.76. The van der Waals surface area contributed by atoms with Gasteiger partial charge in [-0.05, 0) is 26.7 Å². The Morgan fingerprint density at radius 1 is 1.53 bits per heavy atom. The van der Waals surface area contributed by atoms with Crippen LogP contribution < -0.4 is 0 Å². The molecule has 15 heavy (non-hydrogen) atoms. The van der Waals surface area contributed by atoms with Gasteiger partial charge in [-0.15, -0.1) is 0 Å². The van der Waals surface area contributed by atoms with Gasteiger partial charge in [-0.1, -0.05) is 6.92 Å². The molecule has 0 radical (unpaired) electrons. The van der Waals surface area contributed by atoms with Crippen molar-refractivity contribution < 1.29 is 9.47 Å². The summed E-state index contributed by atoms with van der Waals surface area (Å²) in [5.74, 6) is 0. The van der Waals surface area contributed by atoms with Crippen molar-refractivity contribution in [3.8, 4) is 0 Å². The maximum atomic E-state index is 5.66. The first kappa shape index (κ1) is 12.9. The lowest BCUT2D eigenvalue weighted by atomic mass is 10.2. The molecule has 90 valence electrons. The first-order chi connectivity index (χ1) is 7.24. The molecule has 1 aliphatic rings. The molecule has 0 spiro atoms. The van der Waals surface area contributed by atoms with E-state index in [1.807, 2.05) is 0 Å². The number of ether oxygens (including phenoxy) is 2. The van der Waals surface area contributed by atoms with Gasteiger partial charge in [0.05, 0.1) is 19.3 Å². The van der Waals surface area contributed by atoms with Crippen molar-refractivity contribution in [2.75, 3.05) is 32.9 Å².